The summed E-state index contributed by atoms with van der Waals surface area (Å²) in [6.45, 7) is 3.82. The summed E-state index contributed by atoms with van der Waals surface area (Å²) in [6.07, 6.45) is 0. The Morgan fingerprint density at radius 3 is 2.41 bits per heavy atom. The van der Waals surface area contributed by atoms with Crippen LogP contribution in [0.3, 0.4) is 0 Å². The molecule has 4 rings (SSSR count). The fourth-order valence-corrected chi connectivity index (χ4v) is 3.77. The number of hydrogen-bond acceptors (Lipinski definition) is 8. The number of carbonyl (C=O) groups excluding carboxylic acids is 1. The molecule has 1 fully saturated rings. The standard InChI is InChI=1S/C23H28N6O3/c1-31-19-12-17-18(13-20(19)32-2)26-23(27-22(17)24)29-10-8-28(9-11-29)15-21(30)25-14-16-6-4-3-5-7-16/h3-7,12-13H,8-11,14-15H2,1-2H3,(H,25,30)(H2,24,26,27). The number of methoxy groups -OCH3 is 2. The van der Waals surface area contributed by atoms with Gasteiger partial charge in [-0.05, 0) is 11.6 Å². The summed E-state index contributed by atoms with van der Waals surface area (Å²) in [7, 11) is 3.17. The van der Waals surface area contributed by atoms with Gasteiger partial charge < -0.3 is 25.4 Å². The third-order valence-electron chi connectivity index (χ3n) is 5.57. The highest BCUT2D eigenvalue weighted by Crippen LogP contribution is 2.34. The number of hydrogen-bond donors (Lipinski definition) is 2. The number of fused-ring (bicyclic) bond motifs is 1. The van der Waals surface area contributed by atoms with Gasteiger partial charge >= 0.3 is 0 Å². The van der Waals surface area contributed by atoms with Crippen molar-refractivity contribution >= 4 is 28.6 Å². The maximum atomic E-state index is 12.3. The van der Waals surface area contributed by atoms with Crippen LogP contribution in [0.4, 0.5) is 11.8 Å². The van der Waals surface area contributed by atoms with E-state index in [2.05, 4.69) is 20.1 Å². The van der Waals surface area contributed by atoms with Gasteiger partial charge in [-0.25, -0.2) is 4.98 Å². The molecule has 1 aromatic heterocycles. The molecule has 9 nitrogen and oxygen atoms in total. The molecule has 2 aromatic carbocycles. The molecule has 1 saturated heterocycles. The first-order valence-corrected chi connectivity index (χ1v) is 10.5. The Balaban J connectivity index is 1.36. The number of piperazine rings is 1. The smallest absolute Gasteiger partial charge is 0.234 e. The number of nitrogen functional groups attached to an aromatic ring is 1. The number of rotatable bonds is 7. The molecule has 32 heavy (non-hydrogen) atoms. The van der Waals surface area contributed by atoms with E-state index in [1.807, 2.05) is 36.4 Å². The zero-order chi connectivity index (χ0) is 22.5. The number of aromatic nitrogens is 2. The minimum absolute atomic E-state index is 0.0227. The molecule has 1 amide bonds. The number of nitrogens with zero attached hydrogens (tertiary/aromatic N) is 4. The molecule has 2 heterocycles. The molecule has 0 unspecified atom stereocenters. The number of anilines is 2. The number of carbonyl (C=O) groups is 1. The Morgan fingerprint density at radius 2 is 1.72 bits per heavy atom. The highest BCUT2D eigenvalue weighted by molar-refractivity contribution is 5.91. The SMILES string of the molecule is COc1cc2nc(N3CCN(CC(=O)NCc4ccccc4)CC3)nc(N)c2cc1OC. The minimum atomic E-state index is 0.0227. The first kappa shape index (κ1) is 21.6. The van der Waals surface area contributed by atoms with Crippen molar-refractivity contribution in [2.24, 2.45) is 0 Å². The number of benzene rings is 2. The largest absolute Gasteiger partial charge is 0.493 e. The van der Waals surface area contributed by atoms with Crippen LogP contribution in [0.25, 0.3) is 10.9 Å². The van der Waals surface area contributed by atoms with Crippen LogP contribution in [-0.4, -0.2) is 67.7 Å². The van der Waals surface area contributed by atoms with Crippen LogP contribution in [0.5, 0.6) is 11.5 Å². The summed E-state index contributed by atoms with van der Waals surface area (Å²) in [5.41, 5.74) is 8.01. The van der Waals surface area contributed by atoms with Crippen molar-refractivity contribution in [3.63, 3.8) is 0 Å². The van der Waals surface area contributed by atoms with E-state index < -0.39 is 0 Å². The van der Waals surface area contributed by atoms with Crippen LogP contribution in [0.15, 0.2) is 42.5 Å². The lowest BCUT2D eigenvalue weighted by Crippen LogP contribution is -2.49. The first-order valence-electron chi connectivity index (χ1n) is 10.5. The van der Waals surface area contributed by atoms with Gasteiger partial charge in [-0.15, -0.1) is 0 Å². The highest BCUT2D eigenvalue weighted by atomic mass is 16.5. The van der Waals surface area contributed by atoms with Crippen LogP contribution in [-0.2, 0) is 11.3 Å². The van der Waals surface area contributed by atoms with Crippen molar-refractivity contribution in [2.75, 3.05) is 57.6 Å². The number of amides is 1. The predicted molar refractivity (Wildman–Crippen MR) is 124 cm³/mol. The minimum Gasteiger partial charge on any atom is -0.493 e. The van der Waals surface area contributed by atoms with Crippen molar-refractivity contribution in [3.8, 4) is 11.5 Å². The molecule has 1 aliphatic rings. The second-order valence-corrected chi connectivity index (χ2v) is 7.66. The second-order valence-electron chi connectivity index (χ2n) is 7.66. The van der Waals surface area contributed by atoms with E-state index in [-0.39, 0.29) is 5.91 Å². The molecule has 0 aliphatic carbocycles. The van der Waals surface area contributed by atoms with E-state index >= 15 is 0 Å². The number of nitrogens with two attached hydrogens (primary N) is 1. The molecule has 1 aliphatic heterocycles. The van der Waals surface area contributed by atoms with Gasteiger partial charge in [-0.3, -0.25) is 9.69 Å². The van der Waals surface area contributed by atoms with Crippen molar-refractivity contribution < 1.29 is 14.3 Å². The molecular weight excluding hydrogens is 408 g/mol. The zero-order valence-electron chi connectivity index (χ0n) is 18.4. The summed E-state index contributed by atoms with van der Waals surface area (Å²) < 4.78 is 10.7. The van der Waals surface area contributed by atoms with Gasteiger partial charge in [0, 0.05) is 44.2 Å². The molecule has 3 N–H and O–H groups in total. The average Bonchev–Trinajstić information content (AvgIpc) is 2.83. The fourth-order valence-electron chi connectivity index (χ4n) is 3.77. The maximum Gasteiger partial charge on any atom is 0.234 e. The molecule has 0 spiro atoms. The summed E-state index contributed by atoms with van der Waals surface area (Å²) >= 11 is 0. The lowest BCUT2D eigenvalue weighted by molar-refractivity contribution is -0.122. The van der Waals surface area contributed by atoms with Gasteiger partial charge in [0.05, 0.1) is 26.3 Å². The normalized spacial score (nSPS) is 14.4. The van der Waals surface area contributed by atoms with Crippen molar-refractivity contribution in [3.05, 3.63) is 48.0 Å². The van der Waals surface area contributed by atoms with Gasteiger partial charge in [-0.2, -0.15) is 4.98 Å². The molecule has 9 heteroatoms. The van der Waals surface area contributed by atoms with E-state index in [9.17, 15) is 4.79 Å². The van der Waals surface area contributed by atoms with Crippen LogP contribution in [0.1, 0.15) is 5.56 Å². The molecule has 0 saturated carbocycles. The molecular formula is C23H28N6O3. The Morgan fingerprint density at radius 1 is 1.03 bits per heavy atom. The molecule has 0 radical (unpaired) electrons. The van der Waals surface area contributed by atoms with Gasteiger partial charge in [0.2, 0.25) is 11.9 Å². The topological polar surface area (TPSA) is 106 Å². The van der Waals surface area contributed by atoms with Crippen molar-refractivity contribution in [1.82, 2.24) is 20.2 Å². The van der Waals surface area contributed by atoms with Crippen molar-refractivity contribution in [2.45, 2.75) is 6.54 Å². The molecule has 3 aromatic rings. The summed E-state index contributed by atoms with van der Waals surface area (Å²) in [4.78, 5) is 25.7. The van der Waals surface area contributed by atoms with Gasteiger partial charge in [0.15, 0.2) is 11.5 Å². The Kier molecular flexibility index (Phi) is 6.55. The van der Waals surface area contributed by atoms with Crippen LogP contribution < -0.4 is 25.4 Å². The van der Waals surface area contributed by atoms with Gasteiger partial charge in [0.25, 0.3) is 0 Å². The lowest BCUT2D eigenvalue weighted by Gasteiger charge is -2.34. The van der Waals surface area contributed by atoms with E-state index in [1.165, 1.54) is 0 Å². The van der Waals surface area contributed by atoms with Crippen LogP contribution >= 0.6 is 0 Å². The van der Waals surface area contributed by atoms with E-state index in [0.717, 1.165) is 24.0 Å². The highest BCUT2D eigenvalue weighted by Gasteiger charge is 2.22. The van der Waals surface area contributed by atoms with E-state index in [0.29, 0.717) is 55.0 Å². The number of nitrogens with one attached hydrogen (secondary N) is 1. The zero-order valence-corrected chi connectivity index (χ0v) is 18.4. The molecule has 168 valence electrons. The van der Waals surface area contributed by atoms with E-state index in [1.54, 1.807) is 20.3 Å². The van der Waals surface area contributed by atoms with E-state index in [4.69, 9.17) is 20.2 Å². The van der Waals surface area contributed by atoms with Gasteiger partial charge in [0.1, 0.15) is 5.82 Å². The Labute approximate surface area is 187 Å². The third-order valence-corrected chi connectivity index (χ3v) is 5.57. The lowest BCUT2D eigenvalue weighted by atomic mass is 10.2. The molecule has 0 bridgehead atoms. The van der Waals surface area contributed by atoms with Crippen LogP contribution in [0, 0.1) is 0 Å². The number of ether oxygens (including phenoxy) is 2. The summed E-state index contributed by atoms with van der Waals surface area (Å²) in [5, 5.41) is 3.70. The Hall–Kier alpha value is -3.59. The quantitative estimate of drug-likeness (QED) is 0.576. The second kappa shape index (κ2) is 9.69. The molecule has 0 atom stereocenters. The summed E-state index contributed by atoms with van der Waals surface area (Å²) in [6, 6.07) is 13.5. The maximum absolute atomic E-state index is 12.3. The van der Waals surface area contributed by atoms with Crippen LogP contribution in [0.2, 0.25) is 0 Å². The monoisotopic (exact) mass is 436 g/mol. The van der Waals surface area contributed by atoms with Crippen molar-refractivity contribution in [1.29, 1.82) is 0 Å². The third kappa shape index (κ3) is 4.83. The van der Waals surface area contributed by atoms with Gasteiger partial charge in [-0.1, -0.05) is 30.3 Å². The fraction of sp³-hybridized carbons (Fsp3) is 0.348. The predicted octanol–water partition coefficient (Wildman–Crippen LogP) is 1.67. The first-order chi connectivity index (χ1) is 15.6. The average molecular weight is 437 g/mol. The Bertz CT molecular complexity index is 1080. The summed E-state index contributed by atoms with van der Waals surface area (Å²) in [5.74, 6) is 2.18.